The van der Waals surface area contributed by atoms with Crippen molar-refractivity contribution in [3.8, 4) is 0 Å². The third kappa shape index (κ3) is 3.53. The summed E-state index contributed by atoms with van der Waals surface area (Å²) in [7, 11) is 0. The molecule has 2 aliphatic rings. The Morgan fingerprint density at radius 3 is 2.85 bits per heavy atom. The molecule has 0 amide bonds. The van der Waals surface area contributed by atoms with E-state index in [1.807, 2.05) is 0 Å². The summed E-state index contributed by atoms with van der Waals surface area (Å²) in [5.74, 6) is 0. The van der Waals surface area contributed by atoms with Crippen molar-refractivity contribution in [2.24, 2.45) is 0 Å². The summed E-state index contributed by atoms with van der Waals surface area (Å²) in [6.45, 7) is 4.70. The van der Waals surface area contributed by atoms with E-state index in [2.05, 4.69) is 35.3 Å². The van der Waals surface area contributed by atoms with Crippen LogP contribution in [0.5, 0.6) is 0 Å². The van der Waals surface area contributed by atoms with Gasteiger partial charge >= 0.3 is 0 Å². The number of halogens is 2. The maximum Gasteiger partial charge on any atom is 0.0374 e. The van der Waals surface area contributed by atoms with Gasteiger partial charge in [0.25, 0.3) is 0 Å². The summed E-state index contributed by atoms with van der Waals surface area (Å²) in [4.78, 5) is 2.64. The second kappa shape index (κ2) is 7.99. The quantitative estimate of drug-likeness (QED) is 0.853. The molecule has 0 radical (unpaired) electrons. The van der Waals surface area contributed by atoms with Crippen LogP contribution < -0.4 is 10.2 Å². The van der Waals surface area contributed by atoms with E-state index in [1.54, 1.807) is 0 Å². The van der Waals surface area contributed by atoms with E-state index in [9.17, 15) is 0 Å². The van der Waals surface area contributed by atoms with Crippen LogP contribution in [0.1, 0.15) is 44.6 Å². The van der Waals surface area contributed by atoms with Gasteiger partial charge in [0.1, 0.15) is 0 Å². The molecule has 20 heavy (non-hydrogen) atoms. The largest absolute Gasteiger partial charge is 0.385 e. The molecule has 4 heteroatoms. The number of rotatable bonds is 2. The third-order valence-corrected chi connectivity index (χ3v) is 4.46. The van der Waals surface area contributed by atoms with Gasteiger partial charge in [0.05, 0.1) is 0 Å². The Morgan fingerprint density at radius 1 is 1.20 bits per heavy atom. The van der Waals surface area contributed by atoms with E-state index in [0.29, 0.717) is 0 Å². The number of aryl methyl sites for hydroxylation is 1. The number of nitrogens with one attached hydrogen (secondary N) is 1. The van der Waals surface area contributed by atoms with E-state index in [-0.39, 0.29) is 24.8 Å². The van der Waals surface area contributed by atoms with Crippen molar-refractivity contribution in [1.82, 2.24) is 0 Å². The van der Waals surface area contributed by atoms with Crippen molar-refractivity contribution in [2.45, 2.75) is 51.5 Å². The van der Waals surface area contributed by atoms with Crippen molar-refractivity contribution < 1.29 is 0 Å². The molecule has 1 aromatic rings. The van der Waals surface area contributed by atoms with E-state index in [0.717, 1.165) is 12.6 Å². The third-order valence-electron chi connectivity index (χ3n) is 4.46. The maximum absolute atomic E-state index is 3.50. The summed E-state index contributed by atoms with van der Waals surface area (Å²) < 4.78 is 0. The normalized spacial score (nSPS) is 21.1. The zero-order valence-corrected chi connectivity index (χ0v) is 13.9. The zero-order chi connectivity index (χ0) is 12.4. The number of piperidine rings is 1. The van der Waals surface area contributed by atoms with Gasteiger partial charge in [-0.1, -0.05) is 6.92 Å². The fourth-order valence-electron chi connectivity index (χ4n) is 3.40. The second-order valence-corrected chi connectivity index (χ2v) is 5.62. The van der Waals surface area contributed by atoms with E-state index in [4.69, 9.17) is 0 Å². The van der Waals surface area contributed by atoms with Crippen LogP contribution in [-0.2, 0) is 6.42 Å². The van der Waals surface area contributed by atoms with E-state index in [1.165, 1.54) is 62.0 Å². The minimum Gasteiger partial charge on any atom is -0.385 e. The van der Waals surface area contributed by atoms with Crippen LogP contribution in [0.25, 0.3) is 0 Å². The molecule has 0 aromatic heterocycles. The first kappa shape index (κ1) is 17.5. The zero-order valence-electron chi connectivity index (χ0n) is 12.2. The molecule has 2 heterocycles. The molecule has 0 aliphatic carbocycles. The van der Waals surface area contributed by atoms with Crippen LogP contribution >= 0.6 is 24.8 Å². The molecular weight excluding hydrogens is 291 g/mol. The van der Waals surface area contributed by atoms with Gasteiger partial charge in [0.2, 0.25) is 0 Å². The van der Waals surface area contributed by atoms with Gasteiger partial charge in [0, 0.05) is 30.5 Å². The van der Waals surface area contributed by atoms with E-state index >= 15 is 0 Å². The number of benzene rings is 1. The lowest BCUT2D eigenvalue weighted by Crippen LogP contribution is -2.39. The Balaban J connectivity index is 0.000001000. The van der Waals surface area contributed by atoms with E-state index < -0.39 is 0 Å². The van der Waals surface area contributed by atoms with Crippen LogP contribution in [0.3, 0.4) is 0 Å². The summed E-state index contributed by atoms with van der Waals surface area (Å²) in [6, 6.07) is 7.78. The molecule has 1 unspecified atom stereocenters. The molecule has 114 valence electrons. The predicted molar refractivity (Wildman–Crippen MR) is 93.0 cm³/mol. The highest BCUT2D eigenvalue weighted by atomic mass is 35.5. The van der Waals surface area contributed by atoms with Gasteiger partial charge in [-0.3, -0.25) is 0 Å². The van der Waals surface area contributed by atoms with Crippen LogP contribution in [0, 0.1) is 0 Å². The Bertz CT molecular complexity index is 423. The van der Waals surface area contributed by atoms with Crippen molar-refractivity contribution in [1.29, 1.82) is 0 Å². The molecule has 2 nitrogen and oxygen atoms in total. The first-order valence-electron chi connectivity index (χ1n) is 7.52. The molecular formula is C16H26Cl2N2. The van der Waals surface area contributed by atoms with Crippen molar-refractivity contribution in [2.75, 3.05) is 23.3 Å². The lowest BCUT2D eigenvalue weighted by atomic mass is 9.97. The molecule has 3 rings (SSSR count). The van der Waals surface area contributed by atoms with Gasteiger partial charge in [-0.2, -0.15) is 0 Å². The Labute approximate surface area is 135 Å². The van der Waals surface area contributed by atoms with Gasteiger partial charge in [0.15, 0.2) is 0 Å². The fraction of sp³-hybridized carbons (Fsp3) is 0.625. The molecule has 1 aromatic carbocycles. The summed E-state index contributed by atoms with van der Waals surface area (Å²) in [5, 5.41) is 3.50. The molecule has 1 atom stereocenters. The van der Waals surface area contributed by atoms with Gasteiger partial charge in [-0.15, -0.1) is 24.8 Å². The standard InChI is InChI=1S/C16H24N2.2ClH/c1-2-14-7-3-4-11-18(14)15-8-9-16-13(12-15)6-5-10-17-16;;/h8-9,12,14,17H,2-7,10-11H2,1H3;2*1H. The number of anilines is 2. The Hall–Kier alpha value is -0.600. The first-order valence-corrected chi connectivity index (χ1v) is 7.52. The average Bonchev–Trinajstić information content (AvgIpc) is 2.46. The Morgan fingerprint density at radius 2 is 2.05 bits per heavy atom. The number of nitrogens with zero attached hydrogens (tertiary/aromatic N) is 1. The van der Waals surface area contributed by atoms with Crippen molar-refractivity contribution >= 4 is 36.2 Å². The fourth-order valence-corrected chi connectivity index (χ4v) is 3.40. The number of fused-ring (bicyclic) bond motifs is 1. The highest BCUT2D eigenvalue weighted by Crippen LogP contribution is 2.31. The van der Waals surface area contributed by atoms with Gasteiger partial charge in [-0.25, -0.2) is 0 Å². The average molecular weight is 317 g/mol. The van der Waals surface area contributed by atoms with Crippen molar-refractivity contribution in [3.63, 3.8) is 0 Å². The summed E-state index contributed by atoms with van der Waals surface area (Å²) in [6.07, 6.45) is 7.91. The highest BCUT2D eigenvalue weighted by Gasteiger charge is 2.21. The monoisotopic (exact) mass is 316 g/mol. The van der Waals surface area contributed by atoms with Crippen LogP contribution in [0.15, 0.2) is 18.2 Å². The second-order valence-electron chi connectivity index (χ2n) is 5.62. The van der Waals surface area contributed by atoms with Gasteiger partial charge < -0.3 is 10.2 Å². The minimum atomic E-state index is 0. The van der Waals surface area contributed by atoms with Crippen LogP contribution in [-0.4, -0.2) is 19.1 Å². The lowest BCUT2D eigenvalue weighted by Gasteiger charge is -2.37. The highest BCUT2D eigenvalue weighted by molar-refractivity contribution is 5.85. The first-order chi connectivity index (χ1) is 8.88. The van der Waals surface area contributed by atoms with Crippen LogP contribution in [0.4, 0.5) is 11.4 Å². The predicted octanol–water partition coefficient (Wildman–Crippen LogP) is 4.66. The smallest absolute Gasteiger partial charge is 0.0374 e. The molecule has 1 saturated heterocycles. The minimum absolute atomic E-state index is 0. The Kier molecular flexibility index (Phi) is 6.97. The lowest BCUT2D eigenvalue weighted by molar-refractivity contribution is 0.450. The maximum atomic E-state index is 3.50. The van der Waals surface area contributed by atoms with Crippen molar-refractivity contribution in [3.05, 3.63) is 23.8 Å². The molecule has 1 N–H and O–H groups in total. The van der Waals surface area contributed by atoms with Crippen LogP contribution in [0.2, 0.25) is 0 Å². The SMILES string of the molecule is CCC1CCCCN1c1ccc2c(c1)CCCN2.Cl.Cl. The molecule has 0 bridgehead atoms. The summed E-state index contributed by atoms with van der Waals surface area (Å²) >= 11 is 0. The molecule has 2 aliphatic heterocycles. The number of hydrogen-bond acceptors (Lipinski definition) is 2. The number of hydrogen-bond donors (Lipinski definition) is 1. The van der Waals surface area contributed by atoms with Gasteiger partial charge in [-0.05, 0) is 62.3 Å². The summed E-state index contributed by atoms with van der Waals surface area (Å²) in [5.41, 5.74) is 4.32. The topological polar surface area (TPSA) is 15.3 Å². The molecule has 1 fully saturated rings. The molecule has 0 saturated carbocycles. The molecule has 0 spiro atoms.